The number of hydrogen-bond acceptors (Lipinski definition) is 9. The van der Waals surface area contributed by atoms with E-state index in [9.17, 15) is 14.9 Å². The van der Waals surface area contributed by atoms with E-state index in [1.807, 2.05) is 13.0 Å². The van der Waals surface area contributed by atoms with Gasteiger partial charge in [-0.1, -0.05) is 6.92 Å². The van der Waals surface area contributed by atoms with E-state index in [1.54, 1.807) is 6.07 Å². The van der Waals surface area contributed by atoms with Crippen LogP contribution in [-0.4, -0.2) is 78.0 Å². The molecule has 0 bridgehead atoms. The first-order chi connectivity index (χ1) is 18.5. The number of nitro groups is 1. The molecule has 1 aliphatic heterocycles. The van der Waals surface area contributed by atoms with E-state index in [-0.39, 0.29) is 5.76 Å². The normalized spacial score (nSPS) is 14.2. The highest BCUT2D eigenvalue weighted by Crippen LogP contribution is 2.32. The number of aryl methyl sites for hydroxylation is 2. The molecule has 0 unspecified atom stereocenters. The molecule has 0 saturated carbocycles. The predicted octanol–water partition coefficient (Wildman–Crippen LogP) is 3.88. The number of anilines is 1. The molecule has 3 heterocycles. The third-order valence-corrected chi connectivity index (χ3v) is 6.29. The molecule has 0 aliphatic carbocycles. The Hall–Kier alpha value is -3.48. The minimum absolute atomic E-state index is 0.163. The molecule has 12 nitrogen and oxygen atoms in total. The topological polar surface area (TPSA) is 134 Å². The quantitative estimate of drug-likeness (QED) is 0.187. The van der Waals surface area contributed by atoms with Crippen LogP contribution in [-0.2, 0) is 22.4 Å². The molecule has 1 saturated heterocycles. The number of aromatic nitrogens is 2. The number of hydrogen-bond donors (Lipinski definition) is 1. The summed E-state index contributed by atoms with van der Waals surface area (Å²) >= 11 is 0. The van der Waals surface area contributed by atoms with Gasteiger partial charge < -0.3 is 28.5 Å². The Labute approximate surface area is 221 Å². The van der Waals surface area contributed by atoms with Crippen LogP contribution in [0.25, 0.3) is 11.0 Å². The van der Waals surface area contributed by atoms with Gasteiger partial charge in [-0.15, -0.1) is 0 Å². The highest BCUT2D eigenvalue weighted by molar-refractivity contribution is 6.04. The van der Waals surface area contributed by atoms with Crippen LogP contribution in [0.3, 0.4) is 0 Å². The summed E-state index contributed by atoms with van der Waals surface area (Å²) in [7, 11) is 0. The third kappa shape index (κ3) is 6.88. The molecule has 1 fully saturated rings. The van der Waals surface area contributed by atoms with Gasteiger partial charge in [0.05, 0.1) is 36.0 Å². The summed E-state index contributed by atoms with van der Waals surface area (Å²) < 4.78 is 24.4. The van der Waals surface area contributed by atoms with Gasteiger partial charge in [-0.05, 0) is 31.9 Å². The van der Waals surface area contributed by atoms with E-state index in [4.69, 9.17) is 23.6 Å². The van der Waals surface area contributed by atoms with Crippen molar-refractivity contribution in [1.29, 1.82) is 0 Å². The monoisotopic (exact) mass is 529 g/mol. The lowest BCUT2D eigenvalue weighted by molar-refractivity contribution is -0.402. The molecule has 1 N–H and O–H groups in total. The average Bonchev–Trinajstić information content (AvgIpc) is 3.53. The summed E-state index contributed by atoms with van der Waals surface area (Å²) in [6, 6.07) is 6.12. The highest BCUT2D eigenvalue weighted by Gasteiger charge is 2.21. The van der Waals surface area contributed by atoms with Crippen molar-refractivity contribution in [2.24, 2.45) is 0 Å². The lowest BCUT2D eigenvalue weighted by atomic mass is 10.2. The smallest absolute Gasteiger partial charge is 0.433 e. The van der Waals surface area contributed by atoms with Crippen LogP contribution in [0.1, 0.15) is 43.1 Å². The first kappa shape index (κ1) is 27.6. The lowest BCUT2D eigenvalue weighted by Gasteiger charge is -2.26. The molecule has 3 aromatic rings. The second-order valence-electron chi connectivity index (χ2n) is 8.97. The van der Waals surface area contributed by atoms with E-state index in [0.29, 0.717) is 51.0 Å². The Morgan fingerprint density at radius 1 is 1.18 bits per heavy atom. The van der Waals surface area contributed by atoms with E-state index >= 15 is 0 Å². The SMILES string of the molecule is CCCc1nc2cc(NC(=O)c3ccc([N+](=O)[O-])o3)c(OCCN3CCOCC3)cc2n1CCCOCC. The summed E-state index contributed by atoms with van der Waals surface area (Å²) in [6.07, 6.45) is 2.60. The van der Waals surface area contributed by atoms with Gasteiger partial charge in [-0.3, -0.25) is 19.8 Å². The Morgan fingerprint density at radius 2 is 2.00 bits per heavy atom. The van der Waals surface area contributed by atoms with Gasteiger partial charge in [-0.2, -0.15) is 0 Å². The molecule has 206 valence electrons. The maximum atomic E-state index is 12.9. The van der Waals surface area contributed by atoms with Gasteiger partial charge in [-0.25, -0.2) is 4.98 Å². The fourth-order valence-corrected chi connectivity index (χ4v) is 4.39. The zero-order valence-electron chi connectivity index (χ0n) is 21.9. The maximum absolute atomic E-state index is 12.9. The van der Waals surface area contributed by atoms with E-state index < -0.39 is 16.7 Å². The minimum atomic E-state index is -0.684. The van der Waals surface area contributed by atoms with Crippen molar-refractivity contribution in [3.63, 3.8) is 0 Å². The molecular formula is C26H35N5O7. The standard InChI is InChI=1S/C26H35N5O7/c1-3-6-24-27-19-17-20(28-26(32)22-7-8-25(38-22)31(33)34)23(37-16-12-29-10-14-36-15-11-29)18-21(19)30(24)9-5-13-35-4-2/h7-8,17-18H,3-6,9-16H2,1-2H3,(H,28,32). The molecule has 12 heteroatoms. The number of benzene rings is 1. The van der Waals surface area contributed by atoms with Gasteiger partial charge in [0, 0.05) is 51.9 Å². The van der Waals surface area contributed by atoms with Crippen molar-refractivity contribution in [1.82, 2.24) is 14.5 Å². The number of fused-ring (bicyclic) bond motifs is 1. The Morgan fingerprint density at radius 3 is 2.71 bits per heavy atom. The van der Waals surface area contributed by atoms with Crippen molar-refractivity contribution in [3.8, 4) is 5.75 Å². The number of furan rings is 1. The van der Waals surface area contributed by atoms with Crippen LogP contribution in [0.4, 0.5) is 11.6 Å². The Balaban J connectivity index is 1.62. The summed E-state index contributed by atoms with van der Waals surface area (Å²) in [6.45, 7) is 10.4. The number of nitrogens with zero attached hydrogens (tertiary/aromatic N) is 4. The van der Waals surface area contributed by atoms with Crippen molar-refractivity contribution >= 4 is 28.5 Å². The summed E-state index contributed by atoms with van der Waals surface area (Å²) in [4.78, 5) is 30.3. The molecule has 0 spiro atoms. The molecule has 4 rings (SSSR count). The van der Waals surface area contributed by atoms with E-state index in [2.05, 4.69) is 21.7 Å². The first-order valence-corrected chi connectivity index (χ1v) is 13.1. The Kier molecular flexibility index (Phi) is 9.68. The van der Waals surface area contributed by atoms with Crippen LogP contribution in [0.5, 0.6) is 5.75 Å². The van der Waals surface area contributed by atoms with Crippen LogP contribution in [0.2, 0.25) is 0 Å². The van der Waals surface area contributed by atoms with Crippen LogP contribution in [0, 0.1) is 10.1 Å². The molecule has 0 atom stereocenters. The van der Waals surface area contributed by atoms with Crippen molar-refractivity contribution in [2.45, 2.75) is 39.7 Å². The second kappa shape index (κ2) is 13.4. The van der Waals surface area contributed by atoms with Gasteiger partial charge in [0.2, 0.25) is 0 Å². The molecule has 0 radical (unpaired) electrons. The summed E-state index contributed by atoms with van der Waals surface area (Å²) in [5.74, 6) is 0.185. The zero-order valence-corrected chi connectivity index (χ0v) is 21.9. The fraction of sp³-hybridized carbons (Fsp3) is 0.538. The highest BCUT2D eigenvalue weighted by atomic mass is 16.6. The zero-order chi connectivity index (χ0) is 26.9. The fourth-order valence-electron chi connectivity index (χ4n) is 4.39. The number of ether oxygens (including phenoxy) is 3. The van der Waals surface area contributed by atoms with Gasteiger partial charge >= 0.3 is 5.88 Å². The summed E-state index contributed by atoms with van der Waals surface area (Å²) in [5.41, 5.74) is 2.06. The number of rotatable bonds is 14. The lowest BCUT2D eigenvalue weighted by Crippen LogP contribution is -2.38. The third-order valence-electron chi connectivity index (χ3n) is 6.29. The van der Waals surface area contributed by atoms with Crippen molar-refractivity contribution < 1.29 is 28.3 Å². The molecular weight excluding hydrogens is 494 g/mol. The molecule has 1 aromatic carbocycles. The van der Waals surface area contributed by atoms with Crippen LogP contribution in [0.15, 0.2) is 28.7 Å². The van der Waals surface area contributed by atoms with Gasteiger partial charge in [0.25, 0.3) is 5.91 Å². The number of morpholine rings is 1. The van der Waals surface area contributed by atoms with Crippen LogP contribution < -0.4 is 10.1 Å². The van der Waals surface area contributed by atoms with Crippen molar-refractivity contribution in [3.05, 3.63) is 46.0 Å². The number of amides is 1. The van der Waals surface area contributed by atoms with Gasteiger partial charge in [0.15, 0.2) is 5.76 Å². The first-order valence-electron chi connectivity index (χ1n) is 13.1. The number of carbonyl (C=O) groups excluding carboxylic acids is 1. The van der Waals surface area contributed by atoms with Crippen molar-refractivity contribution in [2.75, 3.05) is 58.0 Å². The maximum Gasteiger partial charge on any atom is 0.433 e. The largest absolute Gasteiger partial charge is 0.490 e. The predicted molar refractivity (Wildman–Crippen MR) is 141 cm³/mol. The van der Waals surface area contributed by atoms with E-state index in [1.165, 1.54) is 6.07 Å². The summed E-state index contributed by atoms with van der Waals surface area (Å²) in [5, 5.41) is 13.8. The van der Waals surface area contributed by atoms with Crippen LogP contribution >= 0.6 is 0 Å². The molecule has 1 amide bonds. The second-order valence-corrected chi connectivity index (χ2v) is 8.97. The van der Waals surface area contributed by atoms with E-state index in [0.717, 1.165) is 61.8 Å². The number of carbonyl (C=O) groups is 1. The molecule has 1 aliphatic rings. The number of imidazole rings is 1. The average molecular weight is 530 g/mol. The molecule has 38 heavy (non-hydrogen) atoms. The molecule has 2 aromatic heterocycles. The number of nitrogens with one attached hydrogen (secondary N) is 1. The minimum Gasteiger partial charge on any atom is -0.490 e. The van der Waals surface area contributed by atoms with Gasteiger partial charge in [0.1, 0.15) is 23.1 Å². The Bertz CT molecular complexity index is 1230.